The second-order valence-electron chi connectivity index (χ2n) is 5.63. The fraction of sp³-hybridized carbons (Fsp3) is 1.00. The van der Waals surface area contributed by atoms with E-state index in [1.165, 1.54) is 0 Å². The summed E-state index contributed by atoms with van der Waals surface area (Å²) in [7, 11) is -1.97. The zero-order valence-electron chi connectivity index (χ0n) is 10.8. The number of hydrogen-bond donors (Lipinski definition) is 2. The van der Waals surface area contributed by atoms with Gasteiger partial charge >= 0.3 is 0 Å². The van der Waals surface area contributed by atoms with Crippen molar-refractivity contribution in [3.63, 3.8) is 0 Å². The maximum atomic E-state index is 9.68. The van der Waals surface area contributed by atoms with Gasteiger partial charge in [0, 0.05) is 0 Å². The van der Waals surface area contributed by atoms with Crippen molar-refractivity contribution in [2.24, 2.45) is 0 Å². The summed E-state index contributed by atoms with van der Waals surface area (Å²) in [5.41, 5.74) is 0. The largest absolute Gasteiger partial charge is 0.414 e. The maximum absolute atomic E-state index is 9.68. The minimum absolute atomic E-state index is 0.0255. The van der Waals surface area contributed by atoms with E-state index in [-0.39, 0.29) is 11.6 Å². The van der Waals surface area contributed by atoms with E-state index in [1.807, 2.05) is 13.1 Å². The molecule has 0 rings (SSSR count). The van der Waals surface area contributed by atoms with Crippen LogP contribution in [-0.2, 0) is 4.43 Å². The smallest absolute Gasteiger partial charge is 0.218 e. The molecule has 0 aliphatic carbocycles. The van der Waals surface area contributed by atoms with Gasteiger partial charge in [0.05, 0.1) is 6.61 Å². The lowest BCUT2D eigenvalue weighted by molar-refractivity contribution is -0.00840. The Labute approximate surface area is 119 Å². The van der Waals surface area contributed by atoms with Crippen molar-refractivity contribution in [3.8, 4) is 0 Å². The van der Waals surface area contributed by atoms with Crippen LogP contribution in [0.15, 0.2) is 0 Å². The summed E-state index contributed by atoms with van der Waals surface area (Å²) >= 11 is 16.5. The van der Waals surface area contributed by atoms with Gasteiger partial charge in [0.1, 0.15) is 12.2 Å². The molecule has 0 bridgehead atoms. The average Bonchev–Trinajstić information content (AvgIpc) is 2.09. The third kappa shape index (κ3) is 5.64. The van der Waals surface area contributed by atoms with Crippen LogP contribution in [0, 0.1) is 0 Å². The van der Waals surface area contributed by atoms with E-state index in [2.05, 4.69) is 20.8 Å². The average molecular weight is 324 g/mol. The highest BCUT2D eigenvalue weighted by molar-refractivity contribution is 6.74. The van der Waals surface area contributed by atoms with Crippen LogP contribution in [0.5, 0.6) is 0 Å². The van der Waals surface area contributed by atoms with Gasteiger partial charge in [-0.1, -0.05) is 55.6 Å². The molecular formula is C10H21Cl3O3Si. The monoisotopic (exact) mass is 322 g/mol. The molecule has 0 aromatic heterocycles. The minimum Gasteiger partial charge on any atom is -0.414 e. The molecule has 0 aromatic rings. The van der Waals surface area contributed by atoms with Gasteiger partial charge in [-0.3, -0.25) is 0 Å². The van der Waals surface area contributed by atoms with Crippen LogP contribution in [0.1, 0.15) is 20.8 Å². The molecule has 2 N–H and O–H groups in total. The molecule has 104 valence electrons. The van der Waals surface area contributed by atoms with Crippen molar-refractivity contribution in [2.45, 2.75) is 54.9 Å². The summed E-state index contributed by atoms with van der Waals surface area (Å²) in [4.78, 5) is 0. The van der Waals surface area contributed by atoms with Crippen LogP contribution in [0.2, 0.25) is 18.1 Å². The van der Waals surface area contributed by atoms with Gasteiger partial charge < -0.3 is 14.6 Å². The third-order valence-corrected chi connectivity index (χ3v) is 8.29. The van der Waals surface area contributed by atoms with Gasteiger partial charge in [-0.05, 0) is 18.1 Å². The molecule has 0 amide bonds. The fourth-order valence-electron chi connectivity index (χ4n) is 0.820. The highest BCUT2D eigenvalue weighted by atomic mass is 35.6. The first-order valence-corrected chi connectivity index (χ1v) is 9.40. The van der Waals surface area contributed by atoms with Gasteiger partial charge in [0.2, 0.25) is 3.79 Å². The lowest BCUT2D eigenvalue weighted by Gasteiger charge is -2.37. The molecular weight excluding hydrogens is 303 g/mol. The van der Waals surface area contributed by atoms with Crippen molar-refractivity contribution in [1.29, 1.82) is 0 Å². The fourth-order valence-corrected chi connectivity index (χ4v) is 2.28. The molecule has 17 heavy (non-hydrogen) atoms. The molecule has 2 atom stereocenters. The summed E-state index contributed by atoms with van der Waals surface area (Å²) in [6, 6.07) is 0. The molecule has 0 aliphatic rings. The molecule has 0 fully saturated rings. The summed E-state index contributed by atoms with van der Waals surface area (Å²) in [5.74, 6) is 0. The standard InChI is InChI=1S/C10H21Cl3O3Si/c1-9(2,3)17(4,5)16-6-7(14)8(15)10(11,12)13/h7-8,14-15H,6H2,1-5H3/t7-,8+/m1/s1. The highest BCUT2D eigenvalue weighted by Gasteiger charge is 2.40. The van der Waals surface area contributed by atoms with E-state index < -0.39 is 24.3 Å². The first-order valence-electron chi connectivity index (χ1n) is 5.36. The molecule has 0 aromatic carbocycles. The van der Waals surface area contributed by atoms with Gasteiger partial charge in [-0.25, -0.2) is 0 Å². The zero-order valence-corrected chi connectivity index (χ0v) is 14.1. The Kier molecular flexibility index (Phi) is 6.29. The van der Waals surface area contributed by atoms with Crippen LogP contribution in [0.25, 0.3) is 0 Å². The van der Waals surface area contributed by atoms with Gasteiger partial charge in [0.25, 0.3) is 0 Å². The maximum Gasteiger partial charge on any atom is 0.218 e. The molecule has 0 saturated carbocycles. The highest BCUT2D eigenvalue weighted by Crippen LogP contribution is 2.37. The molecule has 3 nitrogen and oxygen atoms in total. The number of aliphatic hydroxyl groups is 2. The minimum atomic E-state index is -1.97. The molecule has 0 unspecified atom stereocenters. The van der Waals surface area contributed by atoms with Gasteiger partial charge in [0.15, 0.2) is 8.32 Å². The van der Waals surface area contributed by atoms with Gasteiger partial charge in [-0.2, -0.15) is 0 Å². The zero-order chi connectivity index (χ0) is 14.1. The normalized spacial score (nSPS) is 18.0. The van der Waals surface area contributed by atoms with Crippen LogP contribution in [0.3, 0.4) is 0 Å². The Hall–Kier alpha value is 0.967. The van der Waals surface area contributed by atoms with E-state index in [0.717, 1.165) is 0 Å². The Bertz CT molecular complexity index is 248. The van der Waals surface area contributed by atoms with E-state index in [4.69, 9.17) is 39.2 Å². The molecule has 0 aliphatic heterocycles. The first-order chi connectivity index (χ1) is 7.29. The summed E-state index contributed by atoms with van der Waals surface area (Å²) in [6.07, 6.45) is -2.67. The molecule has 0 radical (unpaired) electrons. The van der Waals surface area contributed by atoms with Crippen LogP contribution in [-0.4, -0.2) is 41.1 Å². The third-order valence-electron chi connectivity index (χ3n) is 3.12. The number of alkyl halides is 3. The van der Waals surface area contributed by atoms with Crippen molar-refractivity contribution >= 4 is 43.1 Å². The number of aliphatic hydroxyl groups excluding tert-OH is 2. The molecule has 0 spiro atoms. The number of hydrogen-bond acceptors (Lipinski definition) is 3. The lowest BCUT2D eigenvalue weighted by atomic mass is 10.2. The quantitative estimate of drug-likeness (QED) is 0.617. The second kappa shape index (κ2) is 5.95. The Morgan fingerprint density at radius 3 is 1.82 bits per heavy atom. The molecule has 0 saturated heterocycles. The summed E-state index contributed by atoms with van der Waals surface area (Å²) in [6.45, 7) is 10.3. The van der Waals surface area contributed by atoms with Crippen LogP contribution < -0.4 is 0 Å². The topological polar surface area (TPSA) is 49.7 Å². The Morgan fingerprint density at radius 1 is 1.12 bits per heavy atom. The summed E-state index contributed by atoms with van der Waals surface area (Å²) < 4.78 is 3.82. The SMILES string of the molecule is CC(C)(C)[Si](C)(C)OC[C@@H](O)[C@H](O)C(Cl)(Cl)Cl. The number of rotatable bonds is 4. The van der Waals surface area contributed by atoms with Crippen LogP contribution in [0.4, 0.5) is 0 Å². The van der Waals surface area contributed by atoms with E-state index in [1.54, 1.807) is 0 Å². The number of halogens is 3. The second-order valence-corrected chi connectivity index (χ2v) is 12.8. The first kappa shape index (κ1) is 18.0. The van der Waals surface area contributed by atoms with Gasteiger partial charge in [-0.15, -0.1) is 0 Å². The Balaban J connectivity index is 4.40. The summed E-state index contributed by atoms with van der Waals surface area (Å²) in [5, 5.41) is 19.2. The van der Waals surface area contributed by atoms with E-state index in [0.29, 0.717) is 0 Å². The molecule has 0 heterocycles. The van der Waals surface area contributed by atoms with Crippen molar-refractivity contribution in [1.82, 2.24) is 0 Å². The van der Waals surface area contributed by atoms with E-state index in [9.17, 15) is 10.2 Å². The predicted molar refractivity (Wildman–Crippen MR) is 75.5 cm³/mol. The Morgan fingerprint density at radius 2 is 1.53 bits per heavy atom. The van der Waals surface area contributed by atoms with E-state index >= 15 is 0 Å². The predicted octanol–water partition coefficient (Wildman–Crippen LogP) is 3.10. The lowest BCUT2D eigenvalue weighted by Crippen LogP contribution is -2.46. The molecule has 7 heteroatoms. The van der Waals surface area contributed by atoms with Crippen molar-refractivity contribution in [3.05, 3.63) is 0 Å². The van der Waals surface area contributed by atoms with Crippen molar-refractivity contribution in [2.75, 3.05) is 6.61 Å². The van der Waals surface area contributed by atoms with Crippen LogP contribution >= 0.6 is 34.8 Å². The van der Waals surface area contributed by atoms with Crippen molar-refractivity contribution < 1.29 is 14.6 Å².